The van der Waals surface area contributed by atoms with Gasteiger partial charge in [0.15, 0.2) is 0 Å². The van der Waals surface area contributed by atoms with E-state index in [4.69, 9.17) is 0 Å². The van der Waals surface area contributed by atoms with E-state index in [0.29, 0.717) is 5.56 Å². The van der Waals surface area contributed by atoms with E-state index < -0.39 is 0 Å². The normalized spacial score (nSPS) is 13.1. The van der Waals surface area contributed by atoms with Crippen molar-refractivity contribution < 1.29 is 9.53 Å². The number of aliphatic imine (C=N–C) groups is 1. The molecule has 18 heavy (non-hydrogen) atoms. The van der Waals surface area contributed by atoms with Crippen LogP contribution < -0.4 is 0 Å². The number of ether oxygens (including phenoxy) is 1. The summed E-state index contributed by atoms with van der Waals surface area (Å²) in [6.07, 6.45) is 5.97. The number of carbonyl (C=O) groups excluding carboxylic acids is 1. The van der Waals surface area contributed by atoms with Crippen molar-refractivity contribution in [3.63, 3.8) is 0 Å². The van der Waals surface area contributed by atoms with Crippen molar-refractivity contribution in [2.75, 3.05) is 14.2 Å². The van der Waals surface area contributed by atoms with Crippen molar-refractivity contribution in [2.24, 2.45) is 4.99 Å². The van der Waals surface area contributed by atoms with E-state index in [2.05, 4.69) is 9.73 Å². The van der Waals surface area contributed by atoms with Crippen molar-refractivity contribution in [1.29, 1.82) is 0 Å². The van der Waals surface area contributed by atoms with Crippen LogP contribution >= 0.6 is 11.3 Å². The molecule has 0 amide bonds. The molecule has 1 aromatic rings. The Kier molecular flexibility index (Phi) is 5.52. The number of thiophene rings is 1. The van der Waals surface area contributed by atoms with Crippen LogP contribution in [-0.4, -0.2) is 25.8 Å². The number of esters is 1. The molecule has 0 aliphatic rings. The summed E-state index contributed by atoms with van der Waals surface area (Å²) in [5.41, 5.74) is 2.59. The van der Waals surface area contributed by atoms with Crippen LogP contribution in [0.3, 0.4) is 0 Å². The predicted octanol–water partition coefficient (Wildman–Crippen LogP) is 3.48. The van der Waals surface area contributed by atoms with Gasteiger partial charge in [-0.15, -0.1) is 11.3 Å². The van der Waals surface area contributed by atoms with E-state index in [1.54, 1.807) is 18.5 Å². The van der Waals surface area contributed by atoms with Crippen LogP contribution in [0.4, 0.5) is 0 Å². The van der Waals surface area contributed by atoms with Crippen molar-refractivity contribution in [2.45, 2.75) is 13.8 Å². The van der Waals surface area contributed by atoms with Crippen molar-refractivity contribution in [1.82, 2.24) is 0 Å². The first-order chi connectivity index (χ1) is 8.62. The quantitative estimate of drug-likeness (QED) is 0.474. The van der Waals surface area contributed by atoms with Gasteiger partial charge in [-0.25, -0.2) is 4.79 Å². The molecule has 1 aromatic heterocycles. The van der Waals surface area contributed by atoms with Crippen LogP contribution in [0, 0.1) is 0 Å². The van der Waals surface area contributed by atoms with Crippen molar-refractivity contribution >= 4 is 23.0 Å². The van der Waals surface area contributed by atoms with E-state index in [0.717, 1.165) is 10.6 Å². The van der Waals surface area contributed by atoms with E-state index in [1.165, 1.54) is 24.0 Å². The topological polar surface area (TPSA) is 38.7 Å². The van der Waals surface area contributed by atoms with Crippen LogP contribution in [-0.2, 0) is 4.74 Å². The van der Waals surface area contributed by atoms with Crippen LogP contribution in [0.5, 0.6) is 0 Å². The van der Waals surface area contributed by atoms with E-state index >= 15 is 0 Å². The number of hydrogen-bond donors (Lipinski definition) is 0. The van der Waals surface area contributed by atoms with Gasteiger partial charge in [-0.2, -0.15) is 0 Å². The number of carbonyl (C=O) groups is 1. The van der Waals surface area contributed by atoms with Gasteiger partial charge in [0.05, 0.1) is 23.3 Å². The summed E-state index contributed by atoms with van der Waals surface area (Å²) in [5, 5.41) is 1.78. The molecule has 3 nitrogen and oxygen atoms in total. The first-order valence-corrected chi connectivity index (χ1v) is 6.45. The van der Waals surface area contributed by atoms with Crippen molar-refractivity contribution in [3.05, 3.63) is 45.7 Å². The highest BCUT2D eigenvalue weighted by Crippen LogP contribution is 2.17. The number of rotatable bonds is 4. The Labute approximate surface area is 112 Å². The standard InChI is InChI=1S/C14H17NO2S/c1-5-10(2)6-7-12(15-3)13-8-11(9-18-13)14(16)17-4/h5-9H,1-4H3/b7-6-,10-5-,15-12?. The average Bonchev–Trinajstić information content (AvgIpc) is 2.87. The fourth-order valence-electron chi connectivity index (χ4n) is 1.27. The molecule has 4 heteroatoms. The molecule has 0 radical (unpaired) electrons. The van der Waals surface area contributed by atoms with E-state index in [-0.39, 0.29) is 5.97 Å². The Hall–Kier alpha value is -1.68. The van der Waals surface area contributed by atoms with Gasteiger partial charge in [0.2, 0.25) is 0 Å². The largest absolute Gasteiger partial charge is 0.465 e. The minimum atomic E-state index is -0.318. The molecule has 0 atom stereocenters. The maximum absolute atomic E-state index is 11.4. The molecule has 0 unspecified atom stereocenters. The molecule has 0 spiro atoms. The smallest absolute Gasteiger partial charge is 0.338 e. The zero-order valence-corrected chi connectivity index (χ0v) is 11.9. The Morgan fingerprint density at radius 3 is 2.72 bits per heavy atom. The third kappa shape index (κ3) is 3.67. The maximum Gasteiger partial charge on any atom is 0.338 e. The fraction of sp³-hybridized carbons (Fsp3) is 0.286. The van der Waals surface area contributed by atoms with Crippen LogP contribution in [0.2, 0.25) is 0 Å². The Balaban J connectivity index is 2.94. The molecular weight excluding hydrogens is 246 g/mol. The number of allylic oxidation sites excluding steroid dienone is 4. The van der Waals surface area contributed by atoms with Gasteiger partial charge in [-0.3, -0.25) is 4.99 Å². The zero-order valence-electron chi connectivity index (χ0n) is 11.1. The van der Waals surface area contributed by atoms with Gasteiger partial charge >= 0.3 is 5.97 Å². The summed E-state index contributed by atoms with van der Waals surface area (Å²) in [7, 11) is 3.12. The molecule has 0 bridgehead atoms. The number of hydrogen-bond acceptors (Lipinski definition) is 4. The second-order valence-electron chi connectivity index (χ2n) is 3.67. The lowest BCUT2D eigenvalue weighted by molar-refractivity contribution is 0.0601. The molecule has 1 rings (SSSR count). The summed E-state index contributed by atoms with van der Waals surface area (Å²) in [6, 6.07) is 1.80. The highest BCUT2D eigenvalue weighted by atomic mass is 32.1. The summed E-state index contributed by atoms with van der Waals surface area (Å²) in [6.45, 7) is 4.01. The number of nitrogens with zero attached hydrogens (tertiary/aromatic N) is 1. The minimum absolute atomic E-state index is 0.318. The first kappa shape index (κ1) is 14.4. The molecule has 0 aliphatic heterocycles. The molecule has 0 saturated carbocycles. The van der Waals surface area contributed by atoms with Crippen LogP contribution in [0.15, 0.2) is 40.2 Å². The fourth-order valence-corrected chi connectivity index (χ4v) is 2.16. The lowest BCUT2D eigenvalue weighted by Gasteiger charge is -1.96. The van der Waals surface area contributed by atoms with Gasteiger partial charge in [-0.1, -0.05) is 17.7 Å². The molecule has 0 saturated heterocycles. The molecule has 96 valence electrons. The lowest BCUT2D eigenvalue weighted by Crippen LogP contribution is -1.99. The van der Waals surface area contributed by atoms with Gasteiger partial charge < -0.3 is 4.74 Å². The third-order valence-electron chi connectivity index (χ3n) is 2.47. The first-order valence-electron chi connectivity index (χ1n) is 5.57. The highest BCUT2D eigenvalue weighted by Gasteiger charge is 2.10. The summed E-state index contributed by atoms with van der Waals surface area (Å²) >= 11 is 1.48. The maximum atomic E-state index is 11.4. The lowest BCUT2D eigenvalue weighted by atomic mass is 10.2. The van der Waals surface area contributed by atoms with Gasteiger partial charge in [0.25, 0.3) is 0 Å². The molecule has 0 aromatic carbocycles. The summed E-state index contributed by atoms with van der Waals surface area (Å²) < 4.78 is 4.68. The Bertz CT molecular complexity index is 510. The van der Waals surface area contributed by atoms with Crippen LogP contribution in [0.1, 0.15) is 29.1 Å². The minimum Gasteiger partial charge on any atom is -0.465 e. The van der Waals surface area contributed by atoms with Crippen molar-refractivity contribution in [3.8, 4) is 0 Å². The monoisotopic (exact) mass is 263 g/mol. The second kappa shape index (κ2) is 6.91. The SMILES string of the molecule is C/C=C(C)\C=C/C(=NC)c1cc(C(=O)OC)cs1. The Morgan fingerprint density at radius 2 is 2.17 bits per heavy atom. The number of methoxy groups -OCH3 is 1. The molecule has 1 heterocycles. The molecule has 0 aliphatic carbocycles. The molecule has 0 N–H and O–H groups in total. The zero-order chi connectivity index (χ0) is 13.5. The van der Waals surface area contributed by atoms with Gasteiger partial charge in [0, 0.05) is 12.4 Å². The van der Waals surface area contributed by atoms with E-state index in [9.17, 15) is 4.79 Å². The summed E-state index contributed by atoms with van der Waals surface area (Å²) in [4.78, 5) is 16.5. The predicted molar refractivity (Wildman–Crippen MR) is 76.7 cm³/mol. The Morgan fingerprint density at radius 1 is 1.44 bits per heavy atom. The average molecular weight is 263 g/mol. The van der Waals surface area contributed by atoms with Gasteiger partial charge in [-0.05, 0) is 26.0 Å². The van der Waals surface area contributed by atoms with E-state index in [1.807, 2.05) is 32.1 Å². The third-order valence-corrected chi connectivity index (χ3v) is 3.43. The summed E-state index contributed by atoms with van der Waals surface area (Å²) in [5.74, 6) is -0.318. The molecular formula is C14H17NO2S. The second-order valence-corrected chi connectivity index (χ2v) is 4.58. The van der Waals surface area contributed by atoms with Crippen LogP contribution in [0.25, 0.3) is 0 Å². The van der Waals surface area contributed by atoms with Gasteiger partial charge in [0.1, 0.15) is 0 Å². The molecule has 0 fully saturated rings. The highest BCUT2D eigenvalue weighted by molar-refractivity contribution is 7.12.